The second-order valence-electron chi connectivity index (χ2n) is 5.88. The summed E-state index contributed by atoms with van der Waals surface area (Å²) in [4.78, 5) is 23.7. The molecule has 2 aromatic carbocycles. The van der Waals surface area contributed by atoms with Crippen molar-refractivity contribution in [3.05, 3.63) is 68.8 Å². The van der Waals surface area contributed by atoms with Gasteiger partial charge >= 0.3 is 0 Å². The molecule has 2 aromatic rings. The molecule has 0 unspecified atom stereocenters. The SMILES string of the molecule is NC(=O)c1ccc(CN2CCCc3cc(F)c(F)cc32)c([N+](=O)[O-])c1. The van der Waals surface area contributed by atoms with Crippen LogP contribution in [0.2, 0.25) is 0 Å². The van der Waals surface area contributed by atoms with Crippen molar-refractivity contribution < 1.29 is 18.5 Å². The summed E-state index contributed by atoms with van der Waals surface area (Å²) in [5, 5.41) is 11.3. The van der Waals surface area contributed by atoms with Gasteiger partial charge in [0.25, 0.3) is 5.69 Å². The van der Waals surface area contributed by atoms with Gasteiger partial charge in [-0.3, -0.25) is 14.9 Å². The van der Waals surface area contributed by atoms with Gasteiger partial charge in [-0.2, -0.15) is 0 Å². The number of carbonyl (C=O) groups is 1. The maximum atomic E-state index is 13.6. The van der Waals surface area contributed by atoms with Gasteiger partial charge in [-0.1, -0.05) is 0 Å². The second kappa shape index (κ2) is 6.46. The number of nitrogens with two attached hydrogens (primary N) is 1. The molecule has 25 heavy (non-hydrogen) atoms. The highest BCUT2D eigenvalue weighted by molar-refractivity contribution is 5.93. The lowest BCUT2D eigenvalue weighted by atomic mass is 10.00. The highest BCUT2D eigenvalue weighted by atomic mass is 19.2. The van der Waals surface area contributed by atoms with Crippen LogP contribution in [0.4, 0.5) is 20.2 Å². The summed E-state index contributed by atoms with van der Waals surface area (Å²) in [6, 6.07) is 6.30. The Morgan fingerprint density at radius 1 is 1.24 bits per heavy atom. The number of benzene rings is 2. The summed E-state index contributed by atoms with van der Waals surface area (Å²) in [6.45, 7) is 0.709. The zero-order valence-corrected chi connectivity index (χ0v) is 13.2. The van der Waals surface area contributed by atoms with E-state index in [9.17, 15) is 23.7 Å². The lowest BCUT2D eigenvalue weighted by Gasteiger charge is -2.31. The van der Waals surface area contributed by atoms with E-state index in [0.29, 0.717) is 29.8 Å². The minimum Gasteiger partial charge on any atom is -0.367 e. The average molecular weight is 347 g/mol. The normalized spacial score (nSPS) is 13.4. The van der Waals surface area contributed by atoms with E-state index in [1.807, 2.05) is 0 Å². The Hall–Kier alpha value is -3.03. The van der Waals surface area contributed by atoms with Gasteiger partial charge < -0.3 is 10.6 Å². The summed E-state index contributed by atoms with van der Waals surface area (Å²) in [6.07, 6.45) is 1.34. The molecule has 0 aromatic heterocycles. The maximum Gasteiger partial charge on any atom is 0.275 e. The average Bonchev–Trinajstić information content (AvgIpc) is 2.56. The van der Waals surface area contributed by atoms with Gasteiger partial charge in [0.15, 0.2) is 11.6 Å². The first-order chi connectivity index (χ1) is 11.9. The molecule has 1 heterocycles. The number of fused-ring (bicyclic) bond motifs is 1. The number of aryl methyl sites for hydroxylation is 1. The number of primary amides is 1. The highest BCUT2D eigenvalue weighted by Crippen LogP contribution is 2.32. The molecule has 0 atom stereocenters. The molecular weight excluding hydrogens is 332 g/mol. The van der Waals surface area contributed by atoms with Crippen molar-refractivity contribution in [2.75, 3.05) is 11.4 Å². The van der Waals surface area contributed by atoms with Crippen LogP contribution in [0, 0.1) is 21.7 Å². The van der Waals surface area contributed by atoms with Crippen molar-refractivity contribution in [2.24, 2.45) is 5.73 Å². The van der Waals surface area contributed by atoms with E-state index < -0.39 is 22.5 Å². The molecule has 0 saturated carbocycles. The fourth-order valence-electron chi connectivity index (χ4n) is 3.04. The first-order valence-corrected chi connectivity index (χ1v) is 7.67. The second-order valence-corrected chi connectivity index (χ2v) is 5.88. The van der Waals surface area contributed by atoms with Crippen molar-refractivity contribution in [3.63, 3.8) is 0 Å². The number of amides is 1. The molecule has 0 aliphatic carbocycles. The minimum atomic E-state index is -0.954. The molecule has 1 amide bonds. The van der Waals surface area contributed by atoms with Crippen LogP contribution in [-0.2, 0) is 13.0 Å². The Labute approximate surface area is 142 Å². The zero-order valence-electron chi connectivity index (χ0n) is 13.2. The highest BCUT2D eigenvalue weighted by Gasteiger charge is 2.23. The third-order valence-corrected chi connectivity index (χ3v) is 4.26. The van der Waals surface area contributed by atoms with E-state index in [2.05, 4.69) is 0 Å². The van der Waals surface area contributed by atoms with Gasteiger partial charge in [-0.05, 0) is 36.6 Å². The van der Waals surface area contributed by atoms with E-state index in [-0.39, 0.29) is 17.8 Å². The number of nitrogens with zero attached hydrogens (tertiary/aromatic N) is 2. The molecule has 0 bridgehead atoms. The number of rotatable bonds is 4. The molecule has 0 spiro atoms. The molecule has 0 fully saturated rings. The molecule has 6 nitrogen and oxygen atoms in total. The Morgan fingerprint density at radius 3 is 2.64 bits per heavy atom. The predicted molar refractivity (Wildman–Crippen MR) is 87.3 cm³/mol. The van der Waals surface area contributed by atoms with Gasteiger partial charge in [0.2, 0.25) is 5.91 Å². The Balaban J connectivity index is 1.98. The lowest BCUT2D eigenvalue weighted by Crippen LogP contribution is -2.29. The number of carbonyl (C=O) groups excluding carboxylic acids is 1. The molecule has 0 saturated heterocycles. The summed E-state index contributed by atoms with van der Waals surface area (Å²) in [5.74, 6) is -2.61. The van der Waals surface area contributed by atoms with Gasteiger partial charge in [0.1, 0.15) is 0 Å². The van der Waals surface area contributed by atoms with Crippen molar-refractivity contribution in [3.8, 4) is 0 Å². The lowest BCUT2D eigenvalue weighted by molar-refractivity contribution is -0.385. The first-order valence-electron chi connectivity index (χ1n) is 7.67. The van der Waals surface area contributed by atoms with Crippen LogP contribution in [0.3, 0.4) is 0 Å². The van der Waals surface area contributed by atoms with Gasteiger partial charge in [-0.15, -0.1) is 0 Å². The molecule has 1 aliphatic heterocycles. The summed E-state index contributed by atoms with van der Waals surface area (Å²) in [5.41, 5.74) is 6.54. The van der Waals surface area contributed by atoms with Crippen LogP contribution in [0.25, 0.3) is 0 Å². The Bertz CT molecular complexity index is 870. The van der Waals surface area contributed by atoms with Crippen LogP contribution in [-0.4, -0.2) is 17.4 Å². The van der Waals surface area contributed by atoms with Crippen molar-refractivity contribution in [1.29, 1.82) is 0 Å². The molecule has 8 heteroatoms. The van der Waals surface area contributed by atoms with Crippen LogP contribution < -0.4 is 10.6 Å². The molecule has 130 valence electrons. The van der Waals surface area contributed by atoms with E-state index in [0.717, 1.165) is 18.6 Å². The third kappa shape index (κ3) is 3.28. The third-order valence-electron chi connectivity index (χ3n) is 4.26. The van der Waals surface area contributed by atoms with Gasteiger partial charge in [-0.25, -0.2) is 8.78 Å². The van der Waals surface area contributed by atoms with Gasteiger partial charge in [0, 0.05) is 42.0 Å². The Kier molecular flexibility index (Phi) is 4.35. The fraction of sp³-hybridized carbons (Fsp3) is 0.235. The molecule has 0 radical (unpaired) electrons. The van der Waals surface area contributed by atoms with E-state index in [1.165, 1.54) is 18.2 Å². The summed E-state index contributed by atoms with van der Waals surface area (Å²) < 4.78 is 27.0. The smallest absolute Gasteiger partial charge is 0.275 e. The summed E-state index contributed by atoms with van der Waals surface area (Å²) >= 11 is 0. The number of hydrogen-bond donors (Lipinski definition) is 1. The number of nitro benzene ring substituents is 1. The topological polar surface area (TPSA) is 89.5 Å². The molecular formula is C17H15F2N3O3. The van der Waals surface area contributed by atoms with E-state index >= 15 is 0 Å². The monoisotopic (exact) mass is 347 g/mol. The van der Waals surface area contributed by atoms with Crippen LogP contribution in [0.5, 0.6) is 0 Å². The standard InChI is InChI=1S/C17H15F2N3O3/c18-13-6-10-2-1-5-21(15(10)8-14(13)19)9-12-4-3-11(17(20)23)7-16(12)22(24)25/h3-4,6-8H,1-2,5,9H2,(H2,20,23). The maximum absolute atomic E-state index is 13.6. The van der Waals surface area contributed by atoms with Crippen molar-refractivity contribution in [1.82, 2.24) is 0 Å². The van der Waals surface area contributed by atoms with E-state index in [1.54, 1.807) is 4.90 Å². The number of halogens is 2. The molecule has 1 aliphatic rings. The van der Waals surface area contributed by atoms with E-state index in [4.69, 9.17) is 5.73 Å². The Morgan fingerprint density at radius 2 is 1.96 bits per heavy atom. The minimum absolute atomic E-state index is 0.0441. The zero-order chi connectivity index (χ0) is 18.1. The number of anilines is 1. The number of nitro groups is 1. The quantitative estimate of drug-likeness (QED) is 0.680. The first kappa shape index (κ1) is 16.8. The number of hydrogen-bond acceptors (Lipinski definition) is 4. The van der Waals surface area contributed by atoms with Crippen molar-refractivity contribution >= 4 is 17.3 Å². The van der Waals surface area contributed by atoms with Crippen LogP contribution in [0.15, 0.2) is 30.3 Å². The summed E-state index contributed by atoms with van der Waals surface area (Å²) in [7, 11) is 0. The predicted octanol–water partition coefficient (Wildman–Crippen LogP) is 2.92. The van der Waals surface area contributed by atoms with Crippen LogP contribution in [0.1, 0.15) is 27.9 Å². The molecule has 3 rings (SSSR count). The largest absolute Gasteiger partial charge is 0.367 e. The molecule has 2 N–H and O–H groups in total. The fourth-order valence-corrected chi connectivity index (χ4v) is 3.04. The van der Waals surface area contributed by atoms with Crippen LogP contribution >= 0.6 is 0 Å². The van der Waals surface area contributed by atoms with Gasteiger partial charge in [0.05, 0.1) is 4.92 Å². The van der Waals surface area contributed by atoms with Crippen molar-refractivity contribution in [2.45, 2.75) is 19.4 Å².